The normalized spacial score (nSPS) is 18.8. The van der Waals surface area contributed by atoms with Gasteiger partial charge in [-0.25, -0.2) is 22.9 Å². The van der Waals surface area contributed by atoms with Gasteiger partial charge in [0.1, 0.15) is 0 Å². The second-order valence-electron chi connectivity index (χ2n) is 6.56. The Labute approximate surface area is 167 Å². The number of anilines is 1. The molecule has 2 unspecified atom stereocenters. The van der Waals surface area contributed by atoms with E-state index in [0.29, 0.717) is 5.69 Å². The van der Waals surface area contributed by atoms with Crippen LogP contribution in [0.15, 0.2) is 35.2 Å². The van der Waals surface area contributed by atoms with Crippen LogP contribution in [-0.2, 0) is 19.6 Å². The first-order valence-electron chi connectivity index (χ1n) is 8.70. The van der Waals surface area contributed by atoms with Crippen molar-refractivity contribution in [2.24, 2.45) is 5.92 Å². The Morgan fingerprint density at radius 1 is 1.28 bits per heavy atom. The summed E-state index contributed by atoms with van der Waals surface area (Å²) in [5.74, 6) is -1.31. The molecule has 154 valence electrons. The molecule has 1 aromatic heterocycles. The van der Waals surface area contributed by atoms with Crippen molar-refractivity contribution in [2.45, 2.75) is 24.7 Å². The third-order valence-electron chi connectivity index (χ3n) is 4.35. The summed E-state index contributed by atoms with van der Waals surface area (Å²) in [6.07, 6.45) is 0. The highest BCUT2D eigenvalue weighted by Gasteiger charge is 2.38. The minimum atomic E-state index is -4.28. The van der Waals surface area contributed by atoms with E-state index in [1.807, 2.05) is 4.72 Å². The fraction of sp³-hybridized carbons (Fsp3) is 0.333. The summed E-state index contributed by atoms with van der Waals surface area (Å²) in [5.41, 5.74) is 0.797. The molecule has 10 nitrogen and oxygen atoms in total. The van der Waals surface area contributed by atoms with Gasteiger partial charge in [0.25, 0.3) is 10.0 Å². The molecule has 0 radical (unpaired) electrons. The van der Waals surface area contributed by atoms with E-state index >= 15 is 0 Å². The van der Waals surface area contributed by atoms with Crippen molar-refractivity contribution in [1.29, 1.82) is 0 Å². The third-order valence-corrected chi connectivity index (χ3v) is 5.75. The molecule has 1 fully saturated rings. The van der Waals surface area contributed by atoms with Crippen LogP contribution in [0.3, 0.4) is 0 Å². The first-order chi connectivity index (χ1) is 13.7. The number of rotatable bonds is 5. The summed E-state index contributed by atoms with van der Waals surface area (Å²) in [5, 5.41) is 2.27. The number of nitrogens with zero attached hydrogens (tertiary/aromatic N) is 2. The van der Waals surface area contributed by atoms with Crippen molar-refractivity contribution in [1.82, 2.24) is 14.7 Å². The summed E-state index contributed by atoms with van der Waals surface area (Å²) >= 11 is 0. The molecule has 0 bridgehead atoms. The summed E-state index contributed by atoms with van der Waals surface area (Å²) in [4.78, 5) is 32.1. The summed E-state index contributed by atoms with van der Waals surface area (Å²) in [6, 6.07) is 6.51. The lowest BCUT2D eigenvalue weighted by atomic mass is 9.90. The van der Waals surface area contributed by atoms with Crippen molar-refractivity contribution in [3.8, 4) is 5.88 Å². The quantitative estimate of drug-likeness (QED) is 0.696. The van der Waals surface area contributed by atoms with Crippen molar-refractivity contribution < 1.29 is 27.5 Å². The lowest BCUT2D eigenvalue weighted by molar-refractivity contribution is -0.139. The van der Waals surface area contributed by atoms with Gasteiger partial charge in [0.15, 0.2) is 0 Å². The molecule has 2 heterocycles. The number of urea groups is 1. The average molecular weight is 420 g/mol. The molecule has 29 heavy (non-hydrogen) atoms. The predicted octanol–water partition coefficient (Wildman–Crippen LogP) is 1.58. The number of nitrogens with one attached hydrogen (secondary N) is 2. The Hall–Kier alpha value is -3.21. The number of methoxy groups -OCH3 is 1. The summed E-state index contributed by atoms with van der Waals surface area (Å²) in [7, 11) is -2.87. The molecule has 1 aliphatic rings. The Balaban J connectivity index is 1.84. The maximum atomic E-state index is 12.8. The lowest BCUT2D eigenvalue weighted by Crippen LogP contribution is -2.35. The zero-order chi connectivity index (χ0) is 21.2. The standard InChI is InChI=1S/C18H20N4O6S/c1-10-9-28-16(23)15(10)12-6-4-5-7-13(12)29(25,26)22-18(24)21-17-19-11(2)8-14(20-17)27-3/h4-8,10,15H,9H2,1-3H3,(H2,19,20,21,22,24). The number of cyclic esters (lactones) is 1. The monoisotopic (exact) mass is 420 g/mol. The van der Waals surface area contributed by atoms with Gasteiger partial charge in [0.2, 0.25) is 11.8 Å². The molecule has 2 aromatic rings. The van der Waals surface area contributed by atoms with E-state index < -0.39 is 27.9 Å². The second-order valence-corrected chi connectivity index (χ2v) is 8.21. The fourth-order valence-corrected chi connectivity index (χ4v) is 4.22. The van der Waals surface area contributed by atoms with Crippen LogP contribution >= 0.6 is 0 Å². The van der Waals surface area contributed by atoms with E-state index in [1.54, 1.807) is 26.0 Å². The molecule has 2 atom stereocenters. The number of carbonyl (C=O) groups excluding carboxylic acids is 2. The van der Waals surface area contributed by atoms with Gasteiger partial charge in [-0.3, -0.25) is 10.1 Å². The molecule has 1 aliphatic heterocycles. The number of hydrogen-bond donors (Lipinski definition) is 2. The van der Waals surface area contributed by atoms with Crippen molar-refractivity contribution in [3.05, 3.63) is 41.6 Å². The number of aromatic nitrogens is 2. The van der Waals surface area contributed by atoms with Gasteiger partial charge in [-0.2, -0.15) is 4.98 Å². The lowest BCUT2D eigenvalue weighted by Gasteiger charge is -2.16. The number of ether oxygens (including phenoxy) is 2. The van der Waals surface area contributed by atoms with Crippen molar-refractivity contribution in [2.75, 3.05) is 19.0 Å². The Bertz CT molecular complexity index is 1060. The Kier molecular flexibility index (Phi) is 5.69. The van der Waals surface area contributed by atoms with E-state index in [4.69, 9.17) is 9.47 Å². The molecular formula is C18H20N4O6S. The van der Waals surface area contributed by atoms with Crippen LogP contribution in [0.5, 0.6) is 5.88 Å². The number of aryl methyl sites for hydroxylation is 1. The van der Waals surface area contributed by atoms with E-state index in [2.05, 4.69) is 15.3 Å². The molecule has 3 rings (SSSR count). The van der Waals surface area contributed by atoms with E-state index in [0.717, 1.165) is 0 Å². The van der Waals surface area contributed by atoms with Gasteiger partial charge in [-0.05, 0) is 18.6 Å². The first kappa shape index (κ1) is 20.5. The number of carbonyl (C=O) groups is 2. The molecule has 1 saturated heterocycles. The van der Waals surface area contributed by atoms with Crippen LogP contribution in [0, 0.1) is 12.8 Å². The largest absolute Gasteiger partial charge is 0.481 e. The molecule has 2 amide bonds. The summed E-state index contributed by atoms with van der Waals surface area (Å²) < 4.78 is 37.6. The zero-order valence-corrected chi connectivity index (χ0v) is 16.8. The maximum absolute atomic E-state index is 12.8. The predicted molar refractivity (Wildman–Crippen MR) is 102 cm³/mol. The van der Waals surface area contributed by atoms with Crippen LogP contribution in [0.4, 0.5) is 10.7 Å². The van der Waals surface area contributed by atoms with Gasteiger partial charge in [0, 0.05) is 17.7 Å². The first-order valence-corrected chi connectivity index (χ1v) is 10.2. The molecule has 0 saturated carbocycles. The van der Waals surface area contributed by atoms with Crippen LogP contribution < -0.4 is 14.8 Å². The van der Waals surface area contributed by atoms with Crippen LogP contribution in [0.25, 0.3) is 0 Å². The highest BCUT2D eigenvalue weighted by Crippen LogP contribution is 2.35. The molecule has 2 N–H and O–H groups in total. The smallest absolute Gasteiger partial charge is 0.335 e. The second kappa shape index (κ2) is 8.03. The topological polar surface area (TPSA) is 137 Å². The van der Waals surface area contributed by atoms with Gasteiger partial charge in [-0.15, -0.1) is 0 Å². The van der Waals surface area contributed by atoms with Gasteiger partial charge in [0.05, 0.1) is 24.5 Å². The Morgan fingerprint density at radius 3 is 2.66 bits per heavy atom. The van der Waals surface area contributed by atoms with E-state index in [-0.39, 0.29) is 34.8 Å². The van der Waals surface area contributed by atoms with Gasteiger partial charge >= 0.3 is 12.0 Å². The fourth-order valence-electron chi connectivity index (χ4n) is 3.05. The number of sulfonamides is 1. The highest BCUT2D eigenvalue weighted by molar-refractivity contribution is 7.90. The summed E-state index contributed by atoms with van der Waals surface area (Å²) in [6.45, 7) is 3.67. The van der Waals surface area contributed by atoms with Crippen molar-refractivity contribution in [3.63, 3.8) is 0 Å². The van der Waals surface area contributed by atoms with Crippen LogP contribution in [0.2, 0.25) is 0 Å². The zero-order valence-electron chi connectivity index (χ0n) is 16.0. The SMILES string of the molecule is COc1cc(C)nc(NC(=O)NS(=O)(=O)c2ccccc2C2C(=O)OCC2C)n1. The third kappa shape index (κ3) is 4.45. The van der Waals surface area contributed by atoms with E-state index in [1.165, 1.54) is 25.3 Å². The number of esters is 1. The molecule has 11 heteroatoms. The highest BCUT2D eigenvalue weighted by atomic mass is 32.2. The molecule has 0 aliphatic carbocycles. The minimum Gasteiger partial charge on any atom is -0.481 e. The van der Waals surface area contributed by atoms with Crippen LogP contribution in [0.1, 0.15) is 24.1 Å². The van der Waals surface area contributed by atoms with Crippen molar-refractivity contribution >= 4 is 28.0 Å². The Morgan fingerprint density at radius 2 is 2.00 bits per heavy atom. The minimum absolute atomic E-state index is 0.115. The number of hydrogen-bond acceptors (Lipinski definition) is 8. The van der Waals surface area contributed by atoms with E-state index in [9.17, 15) is 18.0 Å². The molecule has 1 aromatic carbocycles. The van der Waals surface area contributed by atoms with Gasteiger partial charge in [-0.1, -0.05) is 25.1 Å². The van der Waals surface area contributed by atoms with Crippen LogP contribution in [-0.4, -0.2) is 44.1 Å². The van der Waals surface area contributed by atoms with Gasteiger partial charge < -0.3 is 9.47 Å². The maximum Gasteiger partial charge on any atom is 0.335 e. The number of amides is 2. The average Bonchev–Trinajstić information content (AvgIpc) is 2.98. The molecule has 0 spiro atoms. The number of benzene rings is 1. The molecular weight excluding hydrogens is 400 g/mol.